The highest BCUT2D eigenvalue weighted by molar-refractivity contribution is 6.19. The van der Waals surface area contributed by atoms with Crippen molar-refractivity contribution >= 4 is 43.7 Å². The summed E-state index contributed by atoms with van der Waals surface area (Å²) in [6.07, 6.45) is 0. The first-order valence-corrected chi connectivity index (χ1v) is 20.1. The number of para-hydroxylation sites is 1. The second kappa shape index (κ2) is 12.7. The highest BCUT2D eigenvalue weighted by Gasteiger charge is 2.36. The van der Waals surface area contributed by atoms with Gasteiger partial charge in [0.15, 0.2) is 17.5 Å². The van der Waals surface area contributed by atoms with Crippen molar-refractivity contribution in [1.29, 1.82) is 0 Å². The Kier molecular flexibility index (Phi) is 7.20. The Morgan fingerprint density at radius 3 is 1.75 bits per heavy atom. The molecule has 0 fully saturated rings. The van der Waals surface area contributed by atoms with Crippen molar-refractivity contribution in [3.8, 4) is 62.1 Å². The van der Waals surface area contributed by atoms with Gasteiger partial charge in [0.05, 0.1) is 22.1 Å². The van der Waals surface area contributed by atoms with Gasteiger partial charge in [-0.25, -0.2) is 15.0 Å². The Balaban J connectivity index is 1.20. The molecule has 0 aliphatic heterocycles. The maximum absolute atomic E-state index is 6.93. The first-order valence-electron chi connectivity index (χ1n) is 20.1. The van der Waals surface area contributed by atoms with Crippen LogP contribution in [0.2, 0.25) is 0 Å². The van der Waals surface area contributed by atoms with Crippen molar-refractivity contribution in [2.45, 2.75) is 19.3 Å². The fourth-order valence-electron chi connectivity index (χ4n) is 9.44. The van der Waals surface area contributed by atoms with Crippen LogP contribution in [0.25, 0.3) is 106 Å². The summed E-state index contributed by atoms with van der Waals surface area (Å²) in [5.41, 5.74) is 15.0. The minimum atomic E-state index is -0.163. The molecule has 3 heterocycles. The Labute approximate surface area is 340 Å². The molecule has 1 aliphatic rings. The van der Waals surface area contributed by atoms with E-state index >= 15 is 0 Å². The van der Waals surface area contributed by atoms with Crippen molar-refractivity contribution in [2.75, 3.05) is 0 Å². The van der Waals surface area contributed by atoms with Gasteiger partial charge in [-0.3, -0.25) is 0 Å². The summed E-state index contributed by atoms with van der Waals surface area (Å²) in [7, 11) is 0. The van der Waals surface area contributed by atoms with Crippen molar-refractivity contribution in [1.82, 2.24) is 19.5 Å². The molecule has 12 rings (SSSR count). The van der Waals surface area contributed by atoms with E-state index in [1.54, 1.807) is 0 Å². The zero-order valence-corrected chi connectivity index (χ0v) is 32.5. The minimum absolute atomic E-state index is 0.163. The van der Waals surface area contributed by atoms with Crippen LogP contribution in [0, 0.1) is 0 Å². The van der Waals surface area contributed by atoms with Gasteiger partial charge in [-0.2, -0.15) is 0 Å². The number of fused-ring (bicyclic) bond motifs is 9. The van der Waals surface area contributed by atoms with E-state index in [9.17, 15) is 0 Å². The smallest absolute Gasteiger partial charge is 0.164 e. The van der Waals surface area contributed by atoms with Gasteiger partial charge in [0.2, 0.25) is 0 Å². The van der Waals surface area contributed by atoms with E-state index in [4.69, 9.17) is 19.4 Å². The molecule has 0 saturated carbocycles. The zero-order chi connectivity index (χ0) is 39.2. The van der Waals surface area contributed by atoms with Gasteiger partial charge in [-0.15, -0.1) is 0 Å². The summed E-state index contributed by atoms with van der Waals surface area (Å²) in [5, 5.41) is 4.39. The molecule has 1 aliphatic carbocycles. The minimum Gasteiger partial charge on any atom is -0.456 e. The average Bonchev–Trinajstić information content (AvgIpc) is 3.91. The molecule has 5 heteroatoms. The lowest BCUT2D eigenvalue weighted by molar-refractivity contribution is 0.661. The molecule has 3 aromatic heterocycles. The summed E-state index contributed by atoms with van der Waals surface area (Å²) >= 11 is 0. The number of furan rings is 1. The molecule has 0 amide bonds. The standard InChI is InChI=1S/C54H36N4O/c1-54(2)42-26-14-12-23-37(42)40-31-41-38-24-13-15-27-44(38)58(45(41)32-43(40)54)46-29-36(33-17-6-3-7-18-33)30-48-50(46)49-39(25-16-28-47(49)59-48)53-56-51(34-19-8-4-9-20-34)55-52(57-53)35-21-10-5-11-22-35/h3-32H,1-2H3. The largest absolute Gasteiger partial charge is 0.456 e. The Morgan fingerprint density at radius 2 is 1.02 bits per heavy atom. The highest BCUT2D eigenvalue weighted by atomic mass is 16.3. The van der Waals surface area contributed by atoms with Gasteiger partial charge in [-0.1, -0.05) is 159 Å². The molecule has 8 aromatic carbocycles. The fraction of sp³-hybridized carbons (Fsp3) is 0.0556. The predicted molar refractivity (Wildman–Crippen MR) is 241 cm³/mol. The average molecular weight is 757 g/mol. The van der Waals surface area contributed by atoms with E-state index in [2.05, 4.69) is 134 Å². The maximum Gasteiger partial charge on any atom is 0.164 e. The first-order chi connectivity index (χ1) is 29.0. The summed E-state index contributed by atoms with van der Waals surface area (Å²) in [5.74, 6) is 1.82. The molecule has 0 bridgehead atoms. The maximum atomic E-state index is 6.93. The van der Waals surface area contributed by atoms with Crippen molar-refractivity contribution in [3.63, 3.8) is 0 Å². The molecule has 11 aromatic rings. The third-order valence-corrected chi connectivity index (χ3v) is 12.2. The third-order valence-electron chi connectivity index (χ3n) is 12.2. The van der Waals surface area contributed by atoms with Gasteiger partial charge in [-0.05, 0) is 69.8 Å². The fourth-order valence-corrected chi connectivity index (χ4v) is 9.44. The van der Waals surface area contributed by atoms with Crippen LogP contribution < -0.4 is 0 Å². The molecule has 0 spiro atoms. The number of hydrogen-bond donors (Lipinski definition) is 0. The molecule has 278 valence electrons. The number of aromatic nitrogens is 4. The molecule has 0 saturated heterocycles. The number of rotatable bonds is 5. The van der Waals surface area contributed by atoms with Crippen LogP contribution in [0.5, 0.6) is 0 Å². The summed E-state index contributed by atoms with van der Waals surface area (Å²) in [6.45, 7) is 4.70. The Bertz CT molecular complexity index is 3400. The van der Waals surface area contributed by atoms with Gasteiger partial charge in [0.1, 0.15) is 11.2 Å². The van der Waals surface area contributed by atoms with Crippen LogP contribution in [0.1, 0.15) is 25.0 Å². The van der Waals surface area contributed by atoms with Crippen LogP contribution in [-0.4, -0.2) is 19.5 Å². The van der Waals surface area contributed by atoms with Crippen LogP contribution in [0.15, 0.2) is 186 Å². The Hall–Kier alpha value is -7.63. The van der Waals surface area contributed by atoms with Crippen molar-refractivity contribution in [2.24, 2.45) is 0 Å². The van der Waals surface area contributed by atoms with E-state index in [-0.39, 0.29) is 5.41 Å². The number of hydrogen-bond acceptors (Lipinski definition) is 4. The SMILES string of the molecule is CC1(C)c2ccccc2-c2cc3c4ccccc4n(-c4cc(-c5ccccc5)cc5oc6cccc(-c7nc(-c8ccccc8)nc(-c8ccccc8)n7)c6c45)c3cc21. The topological polar surface area (TPSA) is 56.7 Å². The molecule has 0 N–H and O–H groups in total. The van der Waals surface area contributed by atoms with Crippen molar-refractivity contribution < 1.29 is 4.42 Å². The normalized spacial score (nSPS) is 13.1. The Morgan fingerprint density at radius 1 is 0.407 bits per heavy atom. The van der Waals surface area contributed by atoms with Crippen LogP contribution in [0.4, 0.5) is 0 Å². The van der Waals surface area contributed by atoms with E-state index in [0.717, 1.165) is 66.5 Å². The summed E-state index contributed by atoms with van der Waals surface area (Å²) in [6, 6.07) is 64.1. The van der Waals surface area contributed by atoms with Crippen LogP contribution in [0.3, 0.4) is 0 Å². The third kappa shape index (κ3) is 5.08. The van der Waals surface area contributed by atoms with E-state index in [0.29, 0.717) is 17.5 Å². The summed E-state index contributed by atoms with van der Waals surface area (Å²) in [4.78, 5) is 15.4. The van der Waals surface area contributed by atoms with Gasteiger partial charge in [0.25, 0.3) is 0 Å². The van der Waals surface area contributed by atoms with Gasteiger partial charge in [0, 0.05) is 38.3 Å². The van der Waals surface area contributed by atoms with E-state index in [1.807, 2.05) is 66.7 Å². The molecule has 0 atom stereocenters. The first kappa shape index (κ1) is 33.5. The lowest BCUT2D eigenvalue weighted by Gasteiger charge is -2.22. The molecular weight excluding hydrogens is 721 g/mol. The second-order valence-electron chi connectivity index (χ2n) is 16.0. The van der Waals surface area contributed by atoms with E-state index in [1.165, 1.54) is 33.0 Å². The lowest BCUT2D eigenvalue weighted by Crippen LogP contribution is -2.15. The molecular formula is C54H36N4O. The number of nitrogens with zero attached hydrogens (tertiary/aromatic N) is 4. The number of benzene rings is 8. The zero-order valence-electron chi connectivity index (χ0n) is 32.5. The van der Waals surface area contributed by atoms with Crippen molar-refractivity contribution in [3.05, 3.63) is 193 Å². The molecule has 0 unspecified atom stereocenters. The monoisotopic (exact) mass is 756 g/mol. The predicted octanol–water partition coefficient (Wildman–Crippen LogP) is 13.8. The van der Waals surface area contributed by atoms with Gasteiger partial charge < -0.3 is 8.98 Å². The second-order valence-corrected chi connectivity index (χ2v) is 16.0. The van der Waals surface area contributed by atoms with Gasteiger partial charge >= 0.3 is 0 Å². The molecule has 5 nitrogen and oxygen atoms in total. The van der Waals surface area contributed by atoms with E-state index < -0.39 is 0 Å². The van der Waals surface area contributed by atoms with Crippen LogP contribution >= 0.6 is 0 Å². The summed E-state index contributed by atoms with van der Waals surface area (Å²) < 4.78 is 9.40. The molecule has 0 radical (unpaired) electrons. The quantitative estimate of drug-likeness (QED) is 0.175. The highest BCUT2D eigenvalue weighted by Crippen LogP contribution is 2.52. The lowest BCUT2D eigenvalue weighted by atomic mass is 9.82. The van der Waals surface area contributed by atoms with Crippen LogP contribution in [-0.2, 0) is 5.41 Å². The molecule has 59 heavy (non-hydrogen) atoms.